The fourth-order valence-electron chi connectivity index (χ4n) is 5.16. The van der Waals surface area contributed by atoms with E-state index in [1.54, 1.807) is 17.9 Å². The van der Waals surface area contributed by atoms with Crippen LogP contribution in [0.25, 0.3) is 28.0 Å². The molecule has 4 aromatic rings. The molecule has 0 bridgehead atoms. The number of nitrogens with two attached hydrogens (primary N) is 1. The highest BCUT2D eigenvalue weighted by molar-refractivity contribution is 7.90. The van der Waals surface area contributed by atoms with Gasteiger partial charge in [0.15, 0.2) is 20.5 Å². The standard InChI is InChI=1S/C28H27ClFN7O4S/c1-5-21(38)35-11-12-36(16(3)14-35)25-17-13-18(29)23(22-19(30)7-6-8-20(22)31)33-26(17)37(28(39)34-25)24-15(2)9-10-32-27(24)42(4,40)41/h5-10,13,16H,1,11-12,14,31H2,2-4H3/t16-/m0/s1. The van der Waals surface area contributed by atoms with Gasteiger partial charge in [0.1, 0.15) is 11.6 Å². The lowest BCUT2D eigenvalue weighted by Gasteiger charge is -2.40. The number of amides is 1. The molecular weight excluding hydrogens is 585 g/mol. The fraction of sp³-hybridized carbons (Fsp3) is 0.250. The van der Waals surface area contributed by atoms with Gasteiger partial charge in [0.05, 0.1) is 27.4 Å². The zero-order valence-electron chi connectivity index (χ0n) is 23.0. The van der Waals surface area contributed by atoms with E-state index in [1.807, 2.05) is 11.8 Å². The van der Waals surface area contributed by atoms with E-state index in [0.717, 1.165) is 10.8 Å². The van der Waals surface area contributed by atoms with Gasteiger partial charge in [0.2, 0.25) is 5.91 Å². The Labute approximate surface area is 246 Å². The van der Waals surface area contributed by atoms with Gasteiger partial charge < -0.3 is 15.5 Å². The molecular formula is C28H27ClFN7O4S. The number of sulfone groups is 1. The van der Waals surface area contributed by atoms with Crippen molar-refractivity contribution in [2.24, 2.45) is 0 Å². The van der Waals surface area contributed by atoms with Crippen molar-refractivity contribution < 1.29 is 17.6 Å². The zero-order valence-corrected chi connectivity index (χ0v) is 24.6. The normalized spacial score (nSPS) is 15.7. The number of halogens is 2. The average molecular weight is 612 g/mol. The Balaban J connectivity index is 1.86. The molecule has 0 unspecified atom stereocenters. The van der Waals surface area contributed by atoms with E-state index >= 15 is 4.39 Å². The lowest BCUT2D eigenvalue weighted by molar-refractivity contribution is -0.126. The van der Waals surface area contributed by atoms with Crippen LogP contribution in [0.3, 0.4) is 0 Å². The summed E-state index contributed by atoms with van der Waals surface area (Å²) in [6.07, 6.45) is 3.55. The number of nitrogens with zero attached hydrogens (tertiary/aromatic N) is 6. The lowest BCUT2D eigenvalue weighted by atomic mass is 10.1. The summed E-state index contributed by atoms with van der Waals surface area (Å²) >= 11 is 6.70. The van der Waals surface area contributed by atoms with Crippen LogP contribution in [0.5, 0.6) is 0 Å². The van der Waals surface area contributed by atoms with Gasteiger partial charge in [-0.05, 0) is 49.8 Å². The molecule has 11 nitrogen and oxygen atoms in total. The van der Waals surface area contributed by atoms with Gasteiger partial charge in [-0.1, -0.05) is 24.2 Å². The van der Waals surface area contributed by atoms with Crippen molar-refractivity contribution in [3.8, 4) is 16.9 Å². The zero-order chi connectivity index (χ0) is 30.5. The van der Waals surface area contributed by atoms with Crippen molar-refractivity contribution in [3.63, 3.8) is 0 Å². The van der Waals surface area contributed by atoms with Crippen molar-refractivity contribution in [1.29, 1.82) is 0 Å². The molecule has 218 valence electrons. The number of hydrogen-bond donors (Lipinski definition) is 1. The molecule has 14 heteroatoms. The highest BCUT2D eigenvalue weighted by atomic mass is 35.5. The number of aryl methyl sites for hydroxylation is 1. The Morgan fingerprint density at radius 3 is 2.62 bits per heavy atom. The molecule has 2 N–H and O–H groups in total. The van der Waals surface area contributed by atoms with E-state index in [4.69, 9.17) is 17.3 Å². The van der Waals surface area contributed by atoms with E-state index in [2.05, 4.69) is 21.5 Å². The summed E-state index contributed by atoms with van der Waals surface area (Å²) in [6, 6.07) is 6.92. The molecule has 3 aromatic heterocycles. The first-order chi connectivity index (χ1) is 19.8. The summed E-state index contributed by atoms with van der Waals surface area (Å²) in [5, 5.41) is -0.0164. The lowest BCUT2D eigenvalue weighted by Crippen LogP contribution is -2.54. The van der Waals surface area contributed by atoms with Gasteiger partial charge >= 0.3 is 5.69 Å². The Morgan fingerprint density at radius 1 is 1.24 bits per heavy atom. The highest BCUT2D eigenvalue weighted by Gasteiger charge is 2.31. The molecule has 5 rings (SSSR count). The maximum absolute atomic E-state index is 15.1. The molecule has 1 aliphatic rings. The molecule has 42 heavy (non-hydrogen) atoms. The molecule has 1 aliphatic heterocycles. The maximum atomic E-state index is 15.1. The number of carbonyl (C=O) groups is 1. The quantitative estimate of drug-likeness (QED) is 0.266. The first kappa shape index (κ1) is 29.1. The molecule has 0 spiro atoms. The Bertz CT molecular complexity index is 1930. The van der Waals surface area contributed by atoms with Crippen LogP contribution in [-0.2, 0) is 14.6 Å². The summed E-state index contributed by atoms with van der Waals surface area (Å²) in [5.41, 5.74) is 5.58. The van der Waals surface area contributed by atoms with Gasteiger partial charge in [0.25, 0.3) is 0 Å². The molecule has 1 saturated heterocycles. The van der Waals surface area contributed by atoms with Crippen LogP contribution in [0.1, 0.15) is 12.5 Å². The Morgan fingerprint density at radius 2 is 1.98 bits per heavy atom. The second kappa shape index (κ2) is 10.8. The van der Waals surface area contributed by atoms with Crippen LogP contribution in [0.15, 0.2) is 59.0 Å². The van der Waals surface area contributed by atoms with Gasteiger partial charge in [-0.2, -0.15) is 4.98 Å². The molecule has 0 saturated carbocycles. The van der Waals surface area contributed by atoms with E-state index in [9.17, 15) is 18.0 Å². The minimum Gasteiger partial charge on any atom is -0.398 e. The van der Waals surface area contributed by atoms with Crippen molar-refractivity contribution >= 4 is 49.9 Å². The molecule has 1 aromatic carbocycles. The van der Waals surface area contributed by atoms with Crippen molar-refractivity contribution in [1.82, 2.24) is 24.4 Å². The molecule has 4 heterocycles. The monoisotopic (exact) mass is 611 g/mol. The Kier molecular flexibility index (Phi) is 7.50. The predicted molar refractivity (Wildman–Crippen MR) is 159 cm³/mol. The number of rotatable bonds is 5. The number of anilines is 2. The third-order valence-corrected chi connectivity index (χ3v) is 8.43. The summed E-state index contributed by atoms with van der Waals surface area (Å²) in [5.74, 6) is -0.667. The summed E-state index contributed by atoms with van der Waals surface area (Å²) in [7, 11) is -3.92. The fourth-order valence-corrected chi connectivity index (χ4v) is 6.26. The van der Waals surface area contributed by atoms with Crippen LogP contribution < -0.4 is 16.3 Å². The maximum Gasteiger partial charge on any atom is 0.355 e. The molecule has 1 atom stereocenters. The number of pyridine rings is 2. The van der Waals surface area contributed by atoms with E-state index in [1.165, 1.54) is 36.5 Å². The van der Waals surface area contributed by atoms with Gasteiger partial charge in [-0.3, -0.25) is 4.79 Å². The third kappa shape index (κ3) is 4.98. The van der Waals surface area contributed by atoms with Crippen LogP contribution >= 0.6 is 11.6 Å². The highest BCUT2D eigenvalue weighted by Crippen LogP contribution is 2.38. The second-order valence-corrected chi connectivity index (χ2v) is 12.4. The smallest absolute Gasteiger partial charge is 0.355 e. The van der Waals surface area contributed by atoms with Crippen molar-refractivity contribution in [2.45, 2.75) is 24.9 Å². The van der Waals surface area contributed by atoms with E-state index in [0.29, 0.717) is 30.6 Å². The molecule has 0 aliphatic carbocycles. The topological polar surface area (TPSA) is 144 Å². The largest absolute Gasteiger partial charge is 0.398 e. The van der Waals surface area contributed by atoms with Gasteiger partial charge in [0, 0.05) is 43.8 Å². The second-order valence-electron chi connectivity index (χ2n) is 10.0. The van der Waals surface area contributed by atoms with Gasteiger partial charge in [-0.15, -0.1) is 0 Å². The van der Waals surface area contributed by atoms with E-state index in [-0.39, 0.29) is 56.1 Å². The SMILES string of the molecule is C=CC(=O)N1CCN(c2nc(=O)n(-c3c(C)ccnc3S(C)(=O)=O)c3nc(-c4c(N)cccc4F)c(Cl)cc23)[C@@H](C)C1. The molecule has 1 amide bonds. The summed E-state index contributed by atoms with van der Waals surface area (Å²) < 4.78 is 41.7. The van der Waals surface area contributed by atoms with Crippen LogP contribution in [-0.4, -0.2) is 70.7 Å². The summed E-state index contributed by atoms with van der Waals surface area (Å²) in [4.78, 5) is 42.7. The van der Waals surface area contributed by atoms with Crippen molar-refractivity contribution in [3.05, 3.63) is 76.1 Å². The van der Waals surface area contributed by atoms with E-state index < -0.39 is 21.3 Å². The summed E-state index contributed by atoms with van der Waals surface area (Å²) in [6.45, 7) is 8.05. The number of piperazine rings is 1. The number of nitrogen functional groups attached to an aromatic ring is 1. The number of aromatic nitrogens is 4. The first-order valence-corrected chi connectivity index (χ1v) is 15.1. The van der Waals surface area contributed by atoms with Crippen LogP contribution in [0.4, 0.5) is 15.9 Å². The number of benzene rings is 1. The number of fused-ring (bicyclic) bond motifs is 1. The average Bonchev–Trinajstić information content (AvgIpc) is 2.92. The predicted octanol–water partition coefficient (Wildman–Crippen LogP) is 3.15. The number of carbonyl (C=O) groups excluding carboxylic acids is 1. The molecule has 0 radical (unpaired) electrons. The molecule has 1 fully saturated rings. The van der Waals surface area contributed by atoms with Gasteiger partial charge in [-0.25, -0.2) is 32.1 Å². The minimum absolute atomic E-state index is 0.0233. The van der Waals surface area contributed by atoms with Crippen LogP contribution in [0.2, 0.25) is 5.02 Å². The van der Waals surface area contributed by atoms with Crippen LogP contribution in [0, 0.1) is 12.7 Å². The first-order valence-electron chi connectivity index (χ1n) is 12.8. The van der Waals surface area contributed by atoms with Crippen molar-refractivity contribution in [2.75, 3.05) is 36.5 Å². The third-order valence-electron chi connectivity index (χ3n) is 7.14. The minimum atomic E-state index is -3.92. The Hall–Kier alpha value is -4.36. The number of hydrogen-bond acceptors (Lipinski definition) is 9.